The van der Waals surface area contributed by atoms with Crippen molar-refractivity contribution in [3.8, 4) is 11.5 Å². The van der Waals surface area contributed by atoms with Crippen LogP contribution < -0.4 is 14.8 Å². The minimum absolute atomic E-state index is 0.301. The number of nitrogens with one attached hydrogen (secondary N) is 1. The molecule has 0 aliphatic heterocycles. The van der Waals surface area contributed by atoms with E-state index in [1.165, 1.54) is 0 Å². The zero-order valence-electron chi connectivity index (χ0n) is 11.2. The Kier molecular flexibility index (Phi) is 6.46. The third-order valence-corrected chi connectivity index (χ3v) is 3.35. The van der Waals surface area contributed by atoms with Gasteiger partial charge in [0.25, 0.3) is 0 Å². The lowest BCUT2D eigenvalue weighted by Crippen LogP contribution is -2.29. The minimum atomic E-state index is 0.301. The van der Waals surface area contributed by atoms with Gasteiger partial charge in [-0.3, -0.25) is 0 Å². The fraction of sp³-hybridized carbons (Fsp3) is 0.538. The van der Waals surface area contributed by atoms with Crippen molar-refractivity contribution in [2.24, 2.45) is 0 Å². The molecule has 0 fully saturated rings. The van der Waals surface area contributed by atoms with E-state index in [4.69, 9.17) is 14.2 Å². The third kappa shape index (κ3) is 4.15. The summed E-state index contributed by atoms with van der Waals surface area (Å²) < 4.78 is 16.6. The number of rotatable bonds is 7. The molecule has 5 heteroatoms. The fourth-order valence-corrected chi connectivity index (χ4v) is 2.09. The largest absolute Gasteiger partial charge is 0.493 e. The van der Waals surface area contributed by atoms with Gasteiger partial charge in [-0.25, -0.2) is 0 Å². The SMILES string of the molecule is COC[C@H](C)NCc1cc(OC)c(OC)cc1Br. The first-order chi connectivity index (χ1) is 8.62. The van der Waals surface area contributed by atoms with Crippen molar-refractivity contribution in [1.29, 1.82) is 0 Å². The summed E-state index contributed by atoms with van der Waals surface area (Å²) >= 11 is 3.53. The van der Waals surface area contributed by atoms with Gasteiger partial charge in [-0.1, -0.05) is 15.9 Å². The highest BCUT2D eigenvalue weighted by Gasteiger charge is 2.10. The van der Waals surface area contributed by atoms with Gasteiger partial charge in [-0.2, -0.15) is 0 Å². The molecule has 18 heavy (non-hydrogen) atoms. The summed E-state index contributed by atoms with van der Waals surface area (Å²) in [6, 6.07) is 4.18. The molecule has 0 heterocycles. The van der Waals surface area contributed by atoms with E-state index in [0.29, 0.717) is 12.6 Å². The monoisotopic (exact) mass is 317 g/mol. The first-order valence-corrected chi connectivity index (χ1v) is 6.54. The second-order valence-electron chi connectivity index (χ2n) is 4.04. The molecule has 0 aromatic heterocycles. The molecule has 0 aliphatic rings. The summed E-state index contributed by atoms with van der Waals surface area (Å²) in [5.41, 5.74) is 1.12. The number of halogens is 1. The van der Waals surface area contributed by atoms with Crippen molar-refractivity contribution in [2.75, 3.05) is 27.9 Å². The normalized spacial score (nSPS) is 12.3. The summed E-state index contributed by atoms with van der Waals surface area (Å²) in [6.45, 7) is 3.51. The first kappa shape index (κ1) is 15.3. The molecule has 4 nitrogen and oxygen atoms in total. The van der Waals surface area contributed by atoms with Crippen molar-refractivity contribution < 1.29 is 14.2 Å². The molecule has 0 amide bonds. The van der Waals surface area contributed by atoms with Gasteiger partial charge in [0.1, 0.15) is 0 Å². The topological polar surface area (TPSA) is 39.7 Å². The smallest absolute Gasteiger partial charge is 0.161 e. The van der Waals surface area contributed by atoms with E-state index in [9.17, 15) is 0 Å². The van der Waals surface area contributed by atoms with Crippen molar-refractivity contribution >= 4 is 15.9 Å². The molecule has 1 atom stereocenters. The van der Waals surface area contributed by atoms with Crippen LogP contribution in [0.4, 0.5) is 0 Å². The van der Waals surface area contributed by atoms with Gasteiger partial charge in [0.15, 0.2) is 11.5 Å². The molecular formula is C13H20BrNO3. The van der Waals surface area contributed by atoms with E-state index >= 15 is 0 Å². The molecule has 1 rings (SSSR count). The minimum Gasteiger partial charge on any atom is -0.493 e. The van der Waals surface area contributed by atoms with Gasteiger partial charge in [0.2, 0.25) is 0 Å². The Bertz CT molecular complexity index is 385. The van der Waals surface area contributed by atoms with Crippen molar-refractivity contribution in [3.05, 3.63) is 22.2 Å². The van der Waals surface area contributed by atoms with E-state index in [0.717, 1.165) is 28.1 Å². The Hall–Kier alpha value is -0.780. The summed E-state index contributed by atoms with van der Waals surface area (Å²) in [5, 5.41) is 3.38. The van der Waals surface area contributed by atoms with Gasteiger partial charge >= 0.3 is 0 Å². The van der Waals surface area contributed by atoms with Crippen LogP contribution in [0.2, 0.25) is 0 Å². The molecule has 0 aliphatic carbocycles. The van der Waals surface area contributed by atoms with Crippen LogP contribution in [0.25, 0.3) is 0 Å². The number of benzene rings is 1. The predicted molar refractivity (Wildman–Crippen MR) is 75.4 cm³/mol. The predicted octanol–water partition coefficient (Wildman–Crippen LogP) is 2.59. The van der Waals surface area contributed by atoms with Crippen molar-refractivity contribution in [2.45, 2.75) is 19.5 Å². The zero-order chi connectivity index (χ0) is 13.5. The van der Waals surface area contributed by atoms with E-state index < -0.39 is 0 Å². The highest BCUT2D eigenvalue weighted by molar-refractivity contribution is 9.10. The number of ether oxygens (including phenoxy) is 3. The molecule has 1 N–H and O–H groups in total. The highest BCUT2D eigenvalue weighted by atomic mass is 79.9. The summed E-state index contributed by atoms with van der Waals surface area (Å²) in [5.74, 6) is 1.45. The second-order valence-corrected chi connectivity index (χ2v) is 4.89. The Morgan fingerprint density at radius 1 is 1.17 bits per heavy atom. The summed E-state index contributed by atoms with van der Waals surface area (Å²) in [6.07, 6.45) is 0. The van der Waals surface area contributed by atoms with E-state index in [1.807, 2.05) is 12.1 Å². The lowest BCUT2D eigenvalue weighted by atomic mass is 10.2. The number of hydrogen-bond acceptors (Lipinski definition) is 4. The molecule has 0 unspecified atom stereocenters. The average Bonchev–Trinajstić information content (AvgIpc) is 2.37. The van der Waals surface area contributed by atoms with Gasteiger partial charge < -0.3 is 19.5 Å². The lowest BCUT2D eigenvalue weighted by Gasteiger charge is -2.15. The van der Waals surface area contributed by atoms with Gasteiger partial charge in [-0.05, 0) is 24.6 Å². The molecule has 102 valence electrons. The number of methoxy groups -OCH3 is 3. The summed E-state index contributed by atoms with van der Waals surface area (Å²) in [4.78, 5) is 0. The molecule has 1 aromatic rings. The van der Waals surface area contributed by atoms with E-state index in [1.54, 1.807) is 21.3 Å². The maximum absolute atomic E-state index is 5.29. The second kappa shape index (κ2) is 7.61. The standard InChI is InChI=1S/C13H20BrNO3/c1-9(8-16-2)15-7-10-5-12(17-3)13(18-4)6-11(10)14/h5-6,9,15H,7-8H2,1-4H3/t9-/m0/s1. The van der Waals surface area contributed by atoms with Crippen LogP contribution in [0, 0.1) is 0 Å². The molecular weight excluding hydrogens is 298 g/mol. The maximum atomic E-state index is 5.29. The highest BCUT2D eigenvalue weighted by Crippen LogP contribution is 2.33. The van der Waals surface area contributed by atoms with Crippen LogP contribution in [0.15, 0.2) is 16.6 Å². The van der Waals surface area contributed by atoms with Gasteiger partial charge in [0, 0.05) is 24.2 Å². The quantitative estimate of drug-likeness (QED) is 0.839. The van der Waals surface area contributed by atoms with Crippen LogP contribution in [0.5, 0.6) is 11.5 Å². The van der Waals surface area contributed by atoms with Crippen LogP contribution in [0.1, 0.15) is 12.5 Å². The van der Waals surface area contributed by atoms with Crippen LogP contribution in [-0.4, -0.2) is 34.0 Å². The Balaban J connectivity index is 2.76. The first-order valence-electron chi connectivity index (χ1n) is 5.75. The molecule has 1 aromatic carbocycles. The molecule has 0 saturated carbocycles. The Morgan fingerprint density at radius 3 is 2.33 bits per heavy atom. The van der Waals surface area contributed by atoms with E-state index in [-0.39, 0.29) is 0 Å². The Morgan fingerprint density at radius 2 is 1.78 bits per heavy atom. The molecule has 0 radical (unpaired) electrons. The molecule has 0 saturated heterocycles. The van der Waals surface area contributed by atoms with Crippen LogP contribution in [-0.2, 0) is 11.3 Å². The van der Waals surface area contributed by atoms with Crippen LogP contribution >= 0.6 is 15.9 Å². The van der Waals surface area contributed by atoms with E-state index in [2.05, 4.69) is 28.2 Å². The van der Waals surface area contributed by atoms with Crippen LogP contribution in [0.3, 0.4) is 0 Å². The van der Waals surface area contributed by atoms with Gasteiger partial charge in [0.05, 0.1) is 20.8 Å². The number of hydrogen-bond donors (Lipinski definition) is 1. The van der Waals surface area contributed by atoms with Crippen molar-refractivity contribution in [3.63, 3.8) is 0 Å². The Labute approximate surface area is 117 Å². The lowest BCUT2D eigenvalue weighted by molar-refractivity contribution is 0.171. The maximum Gasteiger partial charge on any atom is 0.161 e. The zero-order valence-corrected chi connectivity index (χ0v) is 12.8. The third-order valence-electron chi connectivity index (χ3n) is 2.61. The van der Waals surface area contributed by atoms with Gasteiger partial charge in [-0.15, -0.1) is 0 Å². The summed E-state index contributed by atoms with van der Waals surface area (Å²) in [7, 11) is 4.96. The molecule has 0 spiro atoms. The fourth-order valence-electron chi connectivity index (χ4n) is 1.62. The average molecular weight is 318 g/mol. The van der Waals surface area contributed by atoms with Crippen molar-refractivity contribution in [1.82, 2.24) is 5.32 Å². The molecule has 0 bridgehead atoms.